The van der Waals surface area contributed by atoms with Crippen molar-refractivity contribution in [2.24, 2.45) is 5.92 Å². The molecule has 4 heteroatoms. The molecule has 1 amide bonds. The summed E-state index contributed by atoms with van der Waals surface area (Å²) in [6.07, 6.45) is 2.06. The third-order valence-corrected chi connectivity index (χ3v) is 3.91. The minimum absolute atomic E-state index is 0.00436. The van der Waals surface area contributed by atoms with Crippen LogP contribution < -0.4 is 5.32 Å². The summed E-state index contributed by atoms with van der Waals surface area (Å²) in [4.78, 5) is 12.1. The van der Waals surface area contributed by atoms with Crippen LogP contribution in [0.15, 0.2) is 28.7 Å². The molecular formula is C14H18BrNO2. The van der Waals surface area contributed by atoms with Gasteiger partial charge in [0.2, 0.25) is 0 Å². The van der Waals surface area contributed by atoms with Crippen LogP contribution in [0.25, 0.3) is 0 Å². The first-order chi connectivity index (χ1) is 8.66. The molecular weight excluding hydrogens is 294 g/mol. The lowest BCUT2D eigenvalue weighted by Crippen LogP contribution is -2.40. The van der Waals surface area contributed by atoms with Gasteiger partial charge in [-0.05, 0) is 43.9 Å². The smallest absolute Gasteiger partial charge is 0.251 e. The monoisotopic (exact) mass is 311 g/mol. The zero-order chi connectivity index (χ0) is 13.0. The van der Waals surface area contributed by atoms with Crippen LogP contribution in [0.1, 0.15) is 30.1 Å². The van der Waals surface area contributed by atoms with Gasteiger partial charge in [0, 0.05) is 29.3 Å². The number of benzene rings is 1. The number of rotatable bonds is 3. The van der Waals surface area contributed by atoms with Crippen LogP contribution in [0, 0.1) is 5.92 Å². The molecule has 0 aliphatic carbocycles. The van der Waals surface area contributed by atoms with Crippen molar-refractivity contribution in [3.8, 4) is 0 Å². The van der Waals surface area contributed by atoms with Crippen molar-refractivity contribution in [1.82, 2.24) is 5.32 Å². The van der Waals surface area contributed by atoms with Gasteiger partial charge in [0.15, 0.2) is 0 Å². The Morgan fingerprint density at radius 1 is 1.44 bits per heavy atom. The number of carbonyl (C=O) groups excluding carboxylic acids is 1. The van der Waals surface area contributed by atoms with E-state index in [2.05, 4.69) is 28.2 Å². The summed E-state index contributed by atoms with van der Waals surface area (Å²) in [6, 6.07) is 7.65. The third-order valence-electron chi connectivity index (χ3n) is 3.42. The number of nitrogens with one attached hydrogen (secondary N) is 1. The van der Waals surface area contributed by atoms with Crippen LogP contribution in [-0.4, -0.2) is 25.2 Å². The Balaban J connectivity index is 1.94. The maximum Gasteiger partial charge on any atom is 0.251 e. The van der Waals surface area contributed by atoms with E-state index in [0.717, 1.165) is 30.5 Å². The molecule has 1 aliphatic heterocycles. The highest BCUT2D eigenvalue weighted by Crippen LogP contribution is 2.19. The topological polar surface area (TPSA) is 38.3 Å². The van der Waals surface area contributed by atoms with Crippen LogP contribution in [0.2, 0.25) is 0 Å². The SMILES string of the molecule is CC(NC(=O)c1cccc(Br)c1)C1CCOCC1. The molecule has 1 saturated heterocycles. The van der Waals surface area contributed by atoms with Gasteiger partial charge in [0.05, 0.1) is 0 Å². The van der Waals surface area contributed by atoms with Gasteiger partial charge in [-0.3, -0.25) is 4.79 Å². The van der Waals surface area contributed by atoms with Crippen molar-refractivity contribution in [2.45, 2.75) is 25.8 Å². The molecule has 0 aromatic heterocycles. The Kier molecular flexibility index (Phi) is 4.78. The summed E-state index contributed by atoms with van der Waals surface area (Å²) in [5.74, 6) is 0.519. The van der Waals surface area contributed by atoms with Crippen LogP contribution in [-0.2, 0) is 4.74 Å². The molecule has 98 valence electrons. The van der Waals surface area contributed by atoms with E-state index in [1.54, 1.807) is 0 Å². The number of carbonyl (C=O) groups is 1. The molecule has 0 bridgehead atoms. The first-order valence-electron chi connectivity index (χ1n) is 6.31. The summed E-state index contributed by atoms with van der Waals surface area (Å²) < 4.78 is 6.26. The van der Waals surface area contributed by atoms with Gasteiger partial charge in [-0.25, -0.2) is 0 Å². The molecule has 0 saturated carbocycles. The first kappa shape index (κ1) is 13.6. The van der Waals surface area contributed by atoms with Gasteiger partial charge in [-0.1, -0.05) is 22.0 Å². The number of halogens is 1. The highest BCUT2D eigenvalue weighted by Gasteiger charge is 2.22. The fraction of sp³-hybridized carbons (Fsp3) is 0.500. The number of hydrogen-bond acceptors (Lipinski definition) is 2. The quantitative estimate of drug-likeness (QED) is 0.932. The number of hydrogen-bond donors (Lipinski definition) is 1. The lowest BCUT2D eigenvalue weighted by Gasteiger charge is -2.28. The highest BCUT2D eigenvalue weighted by atomic mass is 79.9. The van der Waals surface area contributed by atoms with Crippen LogP contribution in [0.4, 0.5) is 0 Å². The average molecular weight is 312 g/mol. The van der Waals surface area contributed by atoms with Gasteiger partial charge < -0.3 is 10.1 Å². The molecule has 3 nitrogen and oxygen atoms in total. The molecule has 1 N–H and O–H groups in total. The molecule has 1 aliphatic rings. The van der Waals surface area contributed by atoms with Gasteiger partial charge >= 0.3 is 0 Å². The summed E-state index contributed by atoms with van der Waals surface area (Å²) in [6.45, 7) is 3.69. The van der Waals surface area contributed by atoms with Gasteiger partial charge in [-0.2, -0.15) is 0 Å². The molecule has 1 unspecified atom stereocenters. The summed E-state index contributed by atoms with van der Waals surface area (Å²) in [5, 5.41) is 3.08. The molecule has 0 radical (unpaired) electrons. The van der Waals surface area contributed by atoms with E-state index in [1.165, 1.54) is 0 Å². The second kappa shape index (κ2) is 6.34. The van der Waals surface area contributed by atoms with Crippen molar-refractivity contribution in [2.75, 3.05) is 13.2 Å². The Bertz CT molecular complexity index is 416. The Labute approximate surface area is 116 Å². The molecule has 1 aromatic carbocycles. The average Bonchev–Trinajstić information content (AvgIpc) is 2.39. The Hall–Kier alpha value is -0.870. The van der Waals surface area contributed by atoms with Crippen LogP contribution >= 0.6 is 15.9 Å². The van der Waals surface area contributed by atoms with Crippen molar-refractivity contribution < 1.29 is 9.53 Å². The Morgan fingerprint density at radius 2 is 2.17 bits per heavy atom. The standard InChI is InChI=1S/C14H18BrNO2/c1-10(11-5-7-18-8-6-11)16-14(17)12-3-2-4-13(15)9-12/h2-4,9-11H,5-8H2,1H3,(H,16,17). The van der Waals surface area contributed by atoms with Gasteiger partial charge in [0.25, 0.3) is 5.91 Å². The second-order valence-corrected chi connectivity index (χ2v) is 5.64. The van der Waals surface area contributed by atoms with Crippen molar-refractivity contribution >= 4 is 21.8 Å². The van der Waals surface area contributed by atoms with E-state index >= 15 is 0 Å². The van der Waals surface area contributed by atoms with E-state index in [0.29, 0.717) is 11.5 Å². The van der Waals surface area contributed by atoms with Crippen molar-refractivity contribution in [1.29, 1.82) is 0 Å². The first-order valence-corrected chi connectivity index (χ1v) is 7.10. The maximum absolute atomic E-state index is 12.1. The highest BCUT2D eigenvalue weighted by molar-refractivity contribution is 9.10. The fourth-order valence-corrected chi connectivity index (χ4v) is 2.65. The Morgan fingerprint density at radius 3 is 2.83 bits per heavy atom. The zero-order valence-corrected chi connectivity index (χ0v) is 12.1. The lowest BCUT2D eigenvalue weighted by molar-refractivity contribution is 0.0538. The molecule has 0 spiro atoms. The largest absolute Gasteiger partial charge is 0.381 e. The minimum Gasteiger partial charge on any atom is -0.381 e. The summed E-state index contributed by atoms with van der Waals surface area (Å²) in [7, 11) is 0. The van der Waals surface area contributed by atoms with Gasteiger partial charge in [0.1, 0.15) is 0 Å². The van der Waals surface area contributed by atoms with E-state index in [-0.39, 0.29) is 11.9 Å². The van der Waals surface area contributed by atoms with Crippen molar-refractivity contribution in [3.63, 3.8) is 0 Å². The van der Waals surface area contributed by atoms with Gasteiger partial charge in [-0.15, -0.1) is 0 Å². The van der Waals surface area contributed by atoms with E-state index < -0.39 is 0 Å². The zero-order valence-electron chi connectivity index (χ0n) is 10.5. The number of amides is 1. The molecule has 2 rings (SSSR count). The number of ether oxygens (including phenoxy) is 1. The van der Waals surface area contributed by atoms with E-state index in [9.17, 15) is 4.79 Å². The minimum atomic E-state index is -0.00436. The molecule has 1 aromatic rings. The predicted molar refractivity (Wildman–Crippen MR) is 74.6 cm³/mol. The van der Waals surface area contributed by atoms with E-state index in [4.69, 9.17) is 4.74 Å². The predicted octanol–water partition coefficient (Wildman–Crippen LogP) is 2.99. The molecule has 1 heterocycles. The molecule has 1 atom stereocenters. The molecule has 1 fully saturated rings. The lowest BCUT2D eigenvalue weighted by atomic mass is 9.93. The summed E-state index contributed by atoms with van der Waals surface area (Å²) >= 11 is 3.38. The maximum atomic E-state index is 12.1. The summed E-state index contributed by atoms with van der Waals surface area (Å²) in [5.41, 5.74) is 0.697. The fourth-order valence-electron chi connectivity index (χ4n) is 2.25. The molecule has 18 heavy (non-hydrogen) atoms. The van der Waals surface area contributed by atoms with E-state index in [1.807, 2.05) is 24.3 Å². The van der Waals surface area contributed by atoms with Crippen molar-refractivity contribution in [3.05, 3.63) is 34.3 Å². The normalized spacial score (nSPS) is 18.3. The second-order valence-electron chi connectivity index (χ2n) is 4.72. The third kappa shape index (κ3) is 3.56. The van der Waals surface area contributed by atoms with Crippen LogP contribution in [0.3, 0.4) is 0 Å². The van der Waals surface area contributed by atoms with Crippen LogP contribution in [0.5, 0.6) is 0 Å².